The summed E-state index contributed by atoms with van der Waals surface area (Å²) in [5.41, 5.74) is 1.83. The van der Waals surface area contributed by atoms with Crippen LogP contribution in [0.3, 0.4) is 0 Å². The third-order valence-electron chi connectivity index (χ3n) is 7.49. The van der Waals surface area contributed by atoms with E-state index in [9.17, 15) is 45.6 Å². The predicted molar refractivity (Wildman–Crippen MR) is 150 cm³/mol. The Kier molecular flexibility index (Phi) is 11.2. The molecule has 44 heavy (non-hydrogen) atoms. The van der Waals surface area contributed by atoms with Gasteiger partial charge in [-0.2, -0.15) is 0 Å². The van der Waals surface area contributed by atoms with Crippen LogP contribution in [-0.2, 0) is 34.9 Å². The van der Waals surface area contributed by atoms with E-state index in [1.807, 2.05) is 0 Å². The van der Waals surface area contributed by atoms with E-state index in [-0.39, 0.29) is 23.9 Å². The van der Waals surface area contributed by atoms with Gasteiger partial charge in [-0.3, -0.25) is 0 Å². The van der Waals surface area contributed by atoms with E-state index in [0.717, 1.165) is 11.6 Å². The summed E-state index contributed by atoms with van der Waals surface area (Å²) in [5.74, 6) is -1.44. The van der Waals surface area contributed by atoms with Gasteiger partial charge in [0.25, 0.3) is 0 Å². The molecule has 0 radical (unpaired) electrons. The molecule has 2 aromatic carbocycles. The number of esters is 1. The Balaban J connectivity index is 1.44. The summed E-state index contributed by atoms with van der Waals surface area (Å²) in [6, 6.07) is 9.03. The van der Waals surface area contributed by atoms with Crippen LogP contribution in [0, 0.1) is 6.92 Å². The predicted octanol–water partition coefficient (Wildman–Crippen LogP) is -0.413. The summed E-state index contributed by atoms with van der Waals surface area (Å²) in [5, 5.41) is 81.7. The lowest BCUT2D eigenvalue weighted by molar-refractivity contribution is -0.357. The number of ether oxygens (including phenoxy) is 5. The van der Waals surface area contributed by atoms with Gasteiger partial charge in [0.2, 0.25) is 0 Å². The van der Waals surface area contributed by atoms with Crippen molar-refractivity contribution < 1.29 is 69.3 Å². The summed E-state index contributed by atoms with van der Waals surface area (Å²) in [6.45, 7) is 2.68. The Hall–Kier alpha value is -3.31. The minimum absolute atomic E-state index is 0.00621. The smallest absolute Gasteiger partial charge is 0.330 e. The van der Waals surface area contributed by atoms with E-state index in [1.54, 1.807) is 25.1 Å². The standard InChI is InChI=1S/C30H38O14/c1-14-3-4-17(11-19(14)32)9-10-40-29-27(39)28(44-30-26(38)25(37)23(35)15(2)42-30)24(36)21(43-29)13-41-22(34)8-6-16-5-7-18(31)20(33)12-16/h3-8,11-12,15,21,23-33,35-39H,9-10,13H2,1-2H3/b8-6+/t15?,21?,23-,24-,25?,26+,27?,28+,29-,30+/m1/s1. The summed E-state index contributed by atoms with van der Waals surface area (Å²) < 4.78 is 27.9. The number of phenols is 3. The van der Waals surface area contributed by atoms with E-state index in [0.29, 0.717) is 17.5 Å². The van der Waals surface area contributed by atoms with Crippen LogP contribution >= 0.6 is 0 Å². The van der Waals surface area contributed by atoms with Crippen LogP contribution in [0.15, 0.2) is 42.5 Å². The third kappa shape index (κ3) is 8.04. The molecule has 0 aromatic heterocycles. The quantitative estimate of drug-likeness (QED) is 0.0958. The van der Waals surface area contributed by atoms with Crippen LogP contribution in [0.5, 0.6) is 17.2 Å². The van der Waals surface area contributed by atoms with Crippen molar-refractivity contribution in [1.29, 1.82) is 0 Å². The number of hydrogen-bond donors (Lipinski definition) is 8. The van der Waals surface area contributed by atoms with Crippen molar-refractivity contribution in [2.45, 2.75) is 81.7 Å². The highest BCUT2D eigenvalue weighted by molar-refractivity contribution is 5.87. The van der Waals surface area contributed by atoms with Crippen LogP contribution in [0.1, 0.15) is 23.6 Å². The Morgan fingerprint density at radius 1 is 0.841 bits per heavy atom. The topological polar surface area (TPSA) is 225 Å². The maximum absolute atomic E-state index is 12.4. The maximum atomic E-state index is 12.4. The second-order valence-electron chi connectivity index (χ2n) is 10.8. The number of aliphatic hydroxyl groups is 5. The first-order valence-electron chi connectivity index (χ1n) is 14.0. The summed E-state index contributed by atoms with van der Waals surface area (Å²) in [7, 11) is 0. The lowest BCUT2D eigenvalue weighted by atomic mass is 9.97. The number of benzene rings is 2. The number of carbonyl (C=O) groups is 1. The summed E-state index contributed by atoms with van der Waals surface area (Å²) in [4.78, 5) is 12.4. The molecule has 4 unspecified atom stereocenters. The van der Waals surface area contributed by atoms with Crippen molar-refractivity contribution in [3.05, 3.63) is 59.2 Å². The molecular weight excluding hydrogens is 584 g/mol. The second kappa shape index (κ2) is 14.6. The minimum atomic E-state index is -1.72. The molecule has 2 aromatic rings. The molecule has 0 aliphatic carbocycles. The SMILES string of the molecule is Cc1ccc(CCO[C@@H]2OC(COC(=O)/C=C/c3ccc(O)c(O)c3)[C@@H](O)[C@H](O[C@@H]3OC(C)[C@@H](O)C(O)[C@@H]3O)C2O)cc1O. The molecule has 242 valence electrons. The zero-order chi connectivity index (χ0) is 32.1. The fourth-order valence-corrected chi connectivity index (χ4v) is 4.74. The minimum Gasteiger partial charge on any atom is -0.508 e. The van der Waals surface area contributed by atoms with Crippen molar-refractivity contribution in [2.24, 2.45) is 0 Å². The van der Waals surface area contributed by atoms with Gasteiger partial charge >= 0.3 is 5.97 Å². The normalized spacial score (nSPS) is 32.5. The third-order valence-corrected chi connectivity index (χ3v) is 7.49. The highest BCUT2D eigenvalue weighted by Crippen LogP contribution is 2.30. The fraction of sp³-hybridized carbons (Fsp3) is 0.500. The van der Waals surface area contributed by atoms with Gasteiger partial charge in [-0.25, -0.2) is 4.79 Å². The van der Waals surface area contributed by atoms with Crippen LogP contribution in [-0.4, -0.2) is 121 Å². The van der Waals surface area contributed by atoms with Gasteiger partial charge in [0.1, 0.15) is 55.1 Å². The van der Waals surface area contributed by atoms with Gasteiger partial charge in [-0.15, -0.1) is 0 Å². The van der Waals surface area contributed by atoms with E-state index < -0.39 is 74.0 Å². The number of carbonyl (C=O) groups excluding carboxylic acids is 1. The van der Waals surface area contributed by atoms with Gasteiger partial charge in [-0.05, 0) is 61.2 Å². The number of aromatic hydroxyl groups is 3. The van der Waals surface area contributed by atoms with Gasteiger partial charge < -0.3 is 64.5 Å². The van der Waals surface area contributed by atoms with Crippen LogP contribution in [0.2, 0.25) is 0 Å². The molecule has 0 saturated carbocycles. The van der Waals surface area contributed by atoms with E-state index >= 15 is 0 Å². The van der Waals surface area contributed by atoms with Gasteiger partial charge in [-0.1, -0.05) is 18.2 Å². The van der Waals surface area contributed by atoms with Crippen LogP contribution in [0.25, 0.3) is 6.08 Å². The molecule has 2 heterocycles. The Morgan fingerprint density at radius 3 is 2.30 bits per heavy atom. The molecule has 2 aliphatic heterocycles. The molecule has 0 amide bonds. The second-order valence-corrected chi connectivity index (χ2v) is 10.8. The summed E-state index contributed by atoms with van der Waals surface area (Å²) in [6.07, 6.45) is -12.1. The molecule has 14 heteroatoms. The van der Waals surface area contributed by atoms with Crippen LogP contribution in [0.4, 0.5) is 0 Å². The van der Waals surface area contributed by atoms with Crippen molar-refractivity contribution in [2.75, 3.05) is 13.2 Å². The monoisotopic (exact) mass is 622 g/mol. The summed E-state index contributed by atoms with van der Waals surface area (Å²) >= 11 is 0. The number of aliphatic hydroxyl groups excluding tert-OH is 5. The molecule has 2 aliphatic rings. The molecule has 2 saturated heterocycles. The molecule has 14 nitrogen and oxygen atoms in total. The average Bonchev–Trinajstić information content (AvgIpc) is 2.99. The Labute approximate surface area is 252 Å². The molecule has 2 fully saturated rings. The highest BCUT2D eigenvalue weighted by atomic mass is 16.7. The zero-order valence-corrected chi connectivity index (χ0v) is 24.0. The van der Waals surface area contributed by atoms with Gasteiger partial charge in [0.15, 0.2) is 24.1 Å². The van der Waals surface area contributed by atoms with E-state index in [1.165, 1.54) is 31.2 Å². The first-order chi connectivity index (χ1) is 20.8. The number of phenolic OH excluding ortho intramolecular Hbond substituents is 3. The Morgan fingerprint density at radius 2 is 1.59 bits per heavy atom. The van der Waals surface area contributed by atoms with Crippen molar-refractivity contribution >= 4 is 12.0 Å². The van der Waals surface area contributed by atoms with E-state index in [4.69, 9.17) is 23.7 Å². The van der Waals surface area contributed by atoms with Crippen LogP contribution < -0.4 is 0 Å². The zero-order valence-electron chi connectivity index (χ0n) is 24.0. The van der Waals surface area contributed by atoms with Gasteiger partial charge in [0.05, 0.1) is 12.7 Å². The van der Waals surface area contributed by atoms with E-state index in [2.05, 4.69) is 0 Å². The first-order valence-corrected chi connectivity index (χ1v) is 14.0. The Bertz CT molecular complexity index is 1300. The van der Waals surface area contributed by atoms with Gasteiger partial charge in [0, 0.05) is 6.08 Å². The largest absolute Gasteiger partial charge is 0.508 e. The number of hydrogen-bond acceptors (Lipinski definition) is 14. The fourth-order valence-electron chi connectivity index (χ4n) is 4.74. The van der Waals surface area contributed by atoms with Crippen molar-refractivity contribution in [1.82, 2.24) is 0 Å². The lowest BCUT2D eigenvalue weighted by Gasteiger charge is -2.45. The molecule has 10 atom stereocenters. The number of aryl methyl sites for hydroxylation is 1. The molecule has 8 N–H and O–H groups in total. The highest BCUT2D eigenvalue weighted by Gasteiger charge is 2.50. The van der Waals surface area contributed by atoms with Crippen molar-refractivity contribution in [3.8, 4) is 17.2 Å². The lowest BCUT2D eigenvalue weighted by Crippen LogP contribution is -2.64. The first kappa shape index (κ1) is 33.6. The number of rotatable bonds is 10. The average molecular weight is 623 g/mol. The molecular formula is C30H38O14. The molecule has 4 rings (SSSR count). The van der Waals surface area contributed by atoms with Crippen molar-refractivity contribution in [3.63, 3.8) is 0 Å². The molecule has 0 spiro atoms. The molecule has 0 bridgehead atoms. The maximum Gasteiger partial charge on any atom is 0.330 e.